The zero-order chi connectivity index (χ0) is 13.8. The summed E-state index contributed by atoms with van der Waals surface area (Å²) in [7, 11) is 0. The Morgan fingerprint density at radius 2 is 1.83 bits per heavy atom. The molecule has 0 amide bonds. The van der Waals surface area contributed by atoms with Gasteiger partial charge in [-0.1, -0.05) is 44.2 Å². The first-order valence-corrected chi connectivity index (χ1v) is 5.86. The van der Waals surface area contributed by atoms with Crippen molar-refractivity contribution in [2.75, 3.05) is 6.61 Å². The van der Waals surface area contributed by atoms with Crippen molar-refractivity contribution in [2.24, 2.45) is 5.92 Å². The molecule has 0 saturated carbocycles. The summed E-state index contributed by atoms with van der Waals surface area (Å²) in [5.41, 5.74) is -0.0234. The third kappa shape index (κ3) is 2.88. The first-order valence-electron chi connectivity index (χ1n) is 5.86. The van der Waals surface area contributed by atoms with Gasteiger partial charge in [-0.15, -0.1) is 0 Å². The number of benzene rings is 1. The van der Waals surface area contributed by atoms with E-state index in [2.05, 4.69) is 0 Å². The van der Waals surface area contributed by atoms with Gasteiger partial charge >= 0.3 is 11.9 Å². The van der Waals surface area contributed by atoms with Crippen LogP contribution >= 0.6 is 0 Å². The fourth-order valence-corrected chi connectivity index (χ4v) is 1.96. The van der Waals surface area contributed by atoms with Crippen molar-refractivity contribution in [3.63, 3.8) is 0 Å². The number of ether oxygens (including phenoxy) is 1. The minimum atomic E-state index is -1.21. The van der Waals surface area contributed by atoms with Gasteiger partial charge in [-0.25, -0.2) is 0 Å². The molecule has 0 radical (unpaired) electrons. The van der Waals surface area contributed by atoms with Crippen molar-refractivity contribution < 1.29 is 19.4 Å². The van der Waals surface area contributed by atoms with Crippen LogP contribution in [0.3, 0.4) is 0 Å². The summed E-state index contributed by atoms with van der Waals surface area (Å²) >= 11 is 0. The van der Waals surface area contributed by atoms with Crippen LogP contribution in [-0.2, 0) is 19.7 Å². The van der Waals surface area contributed by atoms with Gasteiger partial charge in [0.2, 0.25) is 0 Å². The maximum atomic E-state index is 11.8. The first kappa shape index (κ1) is 14.2. The Bertz CT molecular complexity index is 423. The molecule has 0 bridgehead atoms. The zero-order valence-electron chi connectivity index (χ0n) is 10.8. The smallest absolute Gasteiger partial charge is 0.321 e. The van der Waals surface area contributed by atoms with E-state index in [1.807, 2.05) is 30.3 Å². The number of hydrogen-bond acceptors (Lipinski definition) is 3. The van der Waals surface area contributed by atoms with Crippen LogP contribution in [0.1, 0.15) is 26.3 Å². The summed E-state index contributed by atoms with van der Waals surface area (Å²) in [6.45, 7) is 5.30. The molecule has 0 heterocycles. The summed E-state index contributed by atoms with van der Waals surface area (Å²) in [6.07, 6.45) is 0. The van der Waals surface area contributed by atoms with Gasteiger partial charge in [0.1, 0.15) is 0 Å². The lowest BCUT2D eigenvalue weighted by atomic mass is 9.73. The summed E-state index contributed by atoms with van der Waals surface area (Å²) in [5, 5.41) is 9.27. The van der Waals surface area contributed by atoms with Crippen molar-refractivity contribution >= 4 is 11.9 Å². The molecule has 0 saturated heterocycles. The van der Waals surface area contributed by atoms with Crippen molar-refractivity contribution in [1.82, 2.24) is 0 Å². The van der Waals surface area contributed by atoms with E-state index >= 15 is 0 Å². The topological polar surface area (TPSA) is 63.6 Å². The molecule has 0 fully saturated rings. The highest BCUT2D eigenvalue weighted by Crippen LogP contribution is 2.32. The second-order valence-electron chi connectivity index (χ2n) is 4.61. The number of carbonyl (C=O) groups is 2. The minimum Gasteiger partial charge on any atom is -0.481 e. The van der Waals surface area contributed by atoms with E-state index < -0.39 is 23.3 Å². The van der Waals surface area contributed by atoms with Crippen LogP contribution in [-0.4, -0.2) is 23.7 Å². The highest BCUT2D eigenvalue weighted by Gasteiger charge is 2.43. The van der Waals surface area contributed by atoms with Crippen molar-refractivity contribution in [1.29, 1.82) is 0 Å². The molecule has 0 spiro atoms. The molecular weight excluding hydrogens is 232 g/mol. The molecule has 0 aromatic heterocycles. The molecule has 1 atom stereocenters. The van der Waals surface area contributed by atoms with Crippen LogP contribution in [0.25, 0.3) is 0 Å². The van der Waals surface area contributed by atoms with Crippen molar-refractivity contribution in [3.05, 3.63) is 35.9 Å². The van der Waals surface area contributed by atoms with Crippen LogP contribution in [0.5, 0.6) is 0 Å². The average molecular weight is 250 g/mol. The van der Waals surface area contributed by atoms with Gasteiger partial charge in [0, 0.05) is 5.41 Å². The summed E-state index contributed by atoms with van der Waals surface area (Å²) in [6, 6.07) is 9.12. The summed E-state index contributed by atoms with van der Waals surface area (Å²) in [5.74, 6) is -3.07. The SMILES string of the molecule is CCOC(=O)C(C(=O)O)C(C)(C)c1ccccc1. The van der Waals surface area contributed by atoms with E-state index in [9.17, 15) is 14.7 Å². The summed E-state index contributed by atoms with van der Waals surface area (Å²) in [4.78, 5) is 23.1. The predicted octanol–water partition coefficient (Wildman–Crippen LogP) is 2.23. The third-order valence-corrected chi connectivity index (χ3v) is 3.01. The van der Waals surface area contributed by atoms with Crippen LogP contribution in [0.15, 0.2) is 30.3 Å². The van der Waals surface area contributed by atoms with E-state index in [1.165, 1.54) is 0 Å². The number of rotatable bonds is 5. The lowest BCUT2D eigenvalue weighted by Crippen LogP contribution is -2.41. The molecule has 0 aliphatic heterocycles. The number of hydrogen-bond donors (Lipinski definition) is 1. The van der Waals surface area contributed by atoms with Crippen molar-refractivity contribution in [3.8, 4) is 0 Å². The predicted molar refractivity (Wildman–Crippen MR) is 67.2 cm³/mol. The second kappa shape index (κ2) is 5.67. The maximum Gasteiger partial charge on any atom is 0.321 e. The fraction of sp³-hybridized carbons (Fsp3) is 0.429. The molecule has 18 heavy (non-hydrogen) atoms. The van der Waals surface area contributed by atoms with Crippen LogP contribution < -0.4 is 0 Å². The number of aliphatic carboxylic acids is 1. The fourth-order valence-electron chi connectivity index (χ4n) is 1.96. The second-order valence-corrected chi connectivity index (χ2v) is 4.61. The van der Waals surface area contributed by atoms with Gasteiger partial charge in [-0.05, 0) is 12.5 Å². The van der Waals surface area contributed by atoms with Gasteiger partial charge < -0.3 is 9.84 Å². The van der Waals surface area contributed by atoms with Gasteiger partial charge in [-0.2, -0.15) is 0 Å². The molecule has 4 nitrogen and oxygen atoms in total. The van der Waals surface area contributed by atoms with Crippen LogP contribution in [0.2, 0.25) is 0 Å². The monoisotopic (exact) mass is 250 g/mol. The van der Waals surface area contributed by atoms with Gasteiger partial charge in [-0.3, -0.25) is 9.59 Å². The number of carboxylic acids is 1. The van der Waals surface area contributed by atoms with Gasteiger partial charge in [0.25, 0.3) is 0 Å². The standard InChI is InChI=1S/C14H18O4/c1-4-18-13(17)11(12(15)16)14(2,3)10-8-6-5-7-9-10/h5-9,11H,4H2,1-3H3,(H,15,16). The highest BCUT2D eigenvalue weighted by atomic mass is 16.5. The Hall–Kier alpha value is -1.84. The van der Waals surface area contributed by atoms with E-state index in [4.69, 9.17) is 4.74 Å². The lowest BCUT2D eigenvalue weighted by Gasteiger charge is -2.30. The molecule has 4 heteroatoms. The average Bonchev–Trinajstić information content (AvgIpc) is 2.29. The highest BCUT2D eigenvalue weighted by molar-refractivity contribution is 5.95. The molecule has 1 rings (SSSR count). The van der Waals surface area contributed by atoms with Crippen LogP contribution in [0, 0.1) is 5.92 Å². The Morgan fingerprint density at radius 3 is 2.28 bits per heavy atom. The normalized spacial score (nSPS) is 12.8. The molecule has 1 aromatic carbocycles. The first-order chi connectivity index (χ1) is 8.41. The Labute approximate surface area is 107 Å². The minimum absolute atomic E-state index is 0.174. The lowest BCUT2D eigenvalue weighted by molar-refractivity contribution is -0.161. The largest absolute Gasteiger partial charge is 0.481 e. The third-order valence-electron chi connectivity index (χ3n) is 3.01. The summed E-state index contributed by atoms with van der Waals surface area (Å²) < 4.78 is 4.85. The van der Waals surface area contributed by atoms with E-state index in [0.717, 1.165) is 5.56 Å². The molecule has 0 aliphatic rings. The zero-order valence-corrected chi connectivity index (χ0v) is 10.8. The molecule has 1 N–H and O–H groups in total. The quantitative estimate of drug-likeness (QED) is 0.643. The number of esters is 1. The maximum absolute atomic E-state index is 11.8. The molecule has 1 unspecified atom stereocenters. The number of carbonyl (C=O) groups excluding carboxylic acids is 1. The van der Waals surface area contributed by atoms with Crippen molar-refractivity contribution in [2.45, 2.75) is 26.2 Å². The van der Waals surface area contributed by atoms with Gasteiger partial charge in [0.05, 0.1) is 6.61 Å². The van der Waals surface area contributed by atoms with Gasteiger partial charge in [0.15, 0.2) is 5.92 Å². The Morgan fingerprint density at radius 1 is 1.28 bits per heavy atom. The van der Waals surface area contributed by atoms with E-state index in [-0.39, 0.29) is 6.61 Å². The van der Waals surface area contributed by atoms with Crippen LogP contribution in [0.4, 0.5) is 0 Å². The molecule has 98 valence electrons. The Balaban J connectivity index is 3.12. The van der Waals surface area contributed by atoms with E-state index in [1.54, 1.807) is 20.8 Å². The Kier molecular flexibility index (Phi) is 4.48. The number of carboxylic acid groups (broad SMARTS) is 1. The van der Waals surface area contributed by atoms with E-state index in [0.29, 0.717) is 0 Å². The molecule has 0 aliphatic carbocycles. The molecular formula is C14H18O4. The molecule has 1 aromatic rings.